The molecule has 2 aliphatic heterocycles. The number of furan rings is 1. The first kappa shape index (κ1) is 16.3. The van der Waals surface area contributed by atoms with Crippen LogP contribution in [0, 0.1) is 0 Å². The summed E-state index contributed by atoms with van der Waals surface area (Å²) in [4.78, 5) is 30.0. The van der Waals surface area contributed by atoms with Gasteiger partial charge in [-0.15, -0.1) is 11.8 Å². The molecule has 2 amide bonds. The predicted octanol–water partition coefficient (Wildman–Crippen LogP) is 3.47. The molecule has 0 bridgehead atoms. The van der Waals surface area contributed by atoms with Gasteiger partial charge in [-0.25, -0.2) is 0 Å². The van der Waals surface area contributed by atoms with Crippen LogP contribution in [-0.4, -0.2) is 36.3 Å². The Hall–Kier alpha value is -2.21. The van der Waals surface area contributed by atoms with E-state index in [0.717, 1.165) is 42.3 Å². The Morgan fingerprint density at radius 1 is 1.16 bits per heavy atom. The summed E-state index contributed by atoms with van der Waals surface area (Å²) in [6.45, 7) is 1.71. The van der Waals surface area contributed by atoms with E-state index in [2.05, 4.69) is 0 Å². The lowest BCUT2D eigenvalue weighted by atomic mass is 10.2. The Morgan fingerprint density at radius 3 is 2.72 bits per heavy atom. The maximum absolute atomic E-state index is 12.9. The van der Waals surface area contributed by atoms with Gasteiger partial charge < -0.3 is 14.2 Å². The topological polar surface area (TPSA) is 53.8 Å². The fourth-order valence-electron chi connectivity index (χ4n) is 3.39. The second-order valence-corrected chi connectivity index (χ2v) is 7.61. The molecule has 2 aliphatic rings. The van der Waals surface area contributed by atoms with Gasteiger partial charge in [0.2, 0.25) is 11.8 Å². The van der Waals surface area contributed by atoms with Crippen molar-refractivity contribution in [3.63, 3.8) is 0 Å². The summed E-state index contributed by atoms with van der Waals surface area (Å²) in [5, 5.41) is -0.0736. The summed E-state index contributed by atoms with van der Waals surface area (Å²) in [6.07, 6.45) is 4.05. The zero-order chi connectivity index (χ0) is 17.2. The largest absolute Gasteiger partial charge is 0.468 e. The SMILES string of the molecule is O=C(CN1C(=O)CC(c2ccco2)Sc2ccccc21)N1CCCC1. The summed E-state index contributed by atoms with van der Waals surface area (Å²) in [6, 6.07) is 11.5. The Balaban J connectivity index is 1.62. The van der Waals surface area contributed by atoms with E-state index in [1.54, 1.807) is 22.9 Å². The maximum atomic E-state index is 12.9. The average Bonchev–Trinajstić information content (AvgIpc) is 3.31. The molecular formula is C19H20N2O3S. The van der Waals surface area contributed by atoms with Gasteiger partial charge >= 0.3 is 0 Å². The van der Waals surface area contributed by atoms with E-state index in [-0.39, 0.29) is 23.6 Å². The number of hydrogen-bond acceptors (Lipinski definition) is 4. The smallest absolute Gasteiger partial charge is 0.242 e. The quantitative estimate of drug-likeness (QED) is 0.845. The Morgan fingerprint density at radius 2 is 1.96 bits per heavy atom. The summed E-state index contributed by atoms with van der Waals surface area (Å²) < 4.78 is 5.52. The Kier molecular flexibility index (Phi) is 4.53. The molecule has 1 fully saturated rings. The molecular weight excluding hydrogens is 336 g/mol. The molecule has 0 N–H and O–H groups in total. The first-order valence-corrected chi connectivity index (χ1v) is 9.47. The molecule has 6 heteroatoms. The molecule has 3 heterocycles. The third-order valence-electron chi connectivity index (χ3n) is 4.70. The number of carbonyl (C=O) groups is 2. The van der Waals surface area contributed by atoms with E-state index in [0.29, 0.717) is 6.42 Å². The average molecular weight is 356 g/mol. The lowest BCUT2D eigenvalue weighted by Gasteiger charge is -2.25. The minimum absolute atomic E-state index is 0.0297. The van der Waals surface area contributed by atoms with Crippen LogP contribution in [0.15, 0.2) is 52.0 Å². The third kappa shape index (κ3) is 3.31. The minimum Gasteiger partial charge on any atom is -0.468 e. The van der Waals surface area contributed by atoms with Gasteiger partial charge in [0.15, 0.2) is 0 Å². The van der Waals surface area contributed by atoms with E-state index in [1.165, 1.54) is 0 Å². The van der Waals surface area contributed by atoms with Crippen molar-refractivity contribution in [1.29, 1.82) is 0 Å². The lowest BCUT2D eigenvalue weighted by Crippen LogP contribution is -2.42. The zero-order valence-electron chi connectivity index (χ0n) is 13.9. The molecule has 0 saturated carbocycles. The molecule has 2 aromatic rings. The number of hydrogen-bond donors (Lipinski definition) is 0. The van der Waals surface area contributed by atoms with Gasteiger partial charge in [0.25, 0.3) is 0 Å². The van der Waals surface area contributed by atoms with Crippen LogP contribution in [0.2, 0.25) is 0 Å². The van der Waals surface area contributed by atoms with E-state index < -0.39 is 0 Å². The summed E-state index contributed by atoms with van der Waals surface area (Å²) in [5.74, 6) is 0.786. The van der Waals surface area contributed by atoms with Crippen LogP contribution in [0.3, 0.4) is 0 Å². The summed E-state index contributed by atoms with van der Waals surface area (Å²) >= 11 is 1.62. The number of rotatable bonds is 3. The van der Waals surface area contributed by atoms with Crippen LogP contribution in [0.4, 0.5) is 5.69 Å². The number of likely N-dealkylation sites (tertiary alicyclic amines) is 1. The summed E-state index contributed by atoms with van der Waals surface area (Å²) in [7, 11) is 0. The second-order valence-electron chi connectivity index (χ2n) is 6.36. The van der Waals surface area contributed by atoms with Crippen LogP contribution < -0.4 is 4.90 Å². The number of carbonyl (C=O) groups excluding carboxylic acids is 2. The number of para-hydroxylation sites is 1. The highest BCUT2D eigenvalue weighted by Gasteiger charge is 2.32. The first-order valence-electron chi connectivity index (χ1n) is 8.59. The Bertz CT molecular complexity index is 769. The number of fused-ring (bicyclic) bond motifs is 1. The number of nitrogens with zero attached hydrogens (tertiary/aromatic N) is 2. The predicted molar refractivity (Wildman–Crippen MR) is 96.5 cm³/mol. The van der Waals surface area contributed by atoms with Gasteiger partial charge in [-0.05, 0) is 37.1 Å². The van der Waals surface area contributed by atoms with Crippen molar-refractivity contribution in [2.24, 2.45) is 0 Å². The van der Waals surface area contributed by atoms with Crippen molar-refractivity contribution in [2.75, 3.05) is 24.5 Å². The summed E-state index contributed by atoms with van der Waals surface area (Å²) in [5.41, 5.74) is 0.819. The van der Waals surface area contributed by atoms with E-state index in [1.807, 2.05) is 41.3 Å². The molecule has 4 rings (SSSR count). The van der Waals surface area contributed by atoms with Crippen molar-refractivity contribution in [1.82, 2.24) is 4.90 Å². The highest BCUT2D eigenvalue weighted by molar-refractivity contribution is 7.99. The van der Waals surface area contributed by atoms with Gasteiger partial charge in [0, 0.05) is 24.4 Å². The Labute approximate surface area is 151 Å². The molecule has 1 unspecified atom stereocenters. The fourth-order valence-corrected chi connectivity index (χ4v) is 4.62. The first-order chi connectivity index (χ1) is 12.2. The van der Waals surface area contributed by atoms with Gasteiger partial charge in [0.1, 0.15) is 12.3 Å². The van der Waals surface area contributed by atoms with Crippen molar-refractivity contribution in [3.8, 4) is 0 Å². The van der Waals surface area contributed by atoms with Gasteiger partial charge in [-0.3, -0.25) is 9.59 Å². The zero-order valence-corrected chi connectivity index (χ0v) is 14.7. The molecule has 1 aromatic heterocycles. The molecule has 0 radical (unpaired) electrons. The van der Waals surface area contributed by atoms with Crippen LogP contribution in [0.5, 0.6) is 0 Å². The van der Waals surface area contributed by atoms with Crippen LogP contribution in [0.25, 0.3) is 0 Å². The molecule has 25 heavy (non-hydrogen) atoms. The highest BCUT2D eigenvalue weighted by Crippen LogP contribution is 2.45. The third-order valence-corrected chi connectivity index (χ3v) is 5.98. The number of anilines is 1. The molecule has 0 spiro atoms. The molecule has 1 saturated heterocycles. The maximum Gasteiger partial charge on any atom is 0.242 e. The second kappa shape index (κ2) is 6.96. The molecule has 1 aromatic carbocycles. The number of benzene rings is 1. The van der Waals surface area contributed by atoms with Crippen LogP contribution in [-0.2, 0) is 9.59 Å². The van der Waals surface area contributed by atoms with Crippen LogP contribution >= 0.6 is 11.8 Å². The molecule has 5 nitrogen and oxygen atoms in total. The molecule has 1 atom stereocenters. The normalized spacial score (nSPS) is 20.5. The highest BCUT2D eigenvalue weighted by atomic mass is 32.2. The number of amides is 2. The van der Waals surface area contributed by atoms with Gasteiger partial charge in [-0.1, -0.05) is 12.1 Å². The van der Waals surface area contributed by atoms with Crippen molar-refractivity contribution in [2.45, 2.75) is 29.4 Å². The monoisotopic (exact) mass is 356 g/mol. The number of thioether (sulfide) groups is 1. The minimum atomic E-state index is -0.0736. The van der Waals surface area contributed by atoms with Gasteiger partial charge in [-0.2, -0.15) is 0 Å². The van der Waals surface area contributed by atoms with Crippen molar-refractivity contribution >= 4 is 29.3 Å². The van der Waals surface area contributed by atoms with E-state index in [4.69, 9.17) is 4.42 Å². The fraction of sp³-hybridized carbons (Fsp3) is 0.368. The van der Waals surface area contributed by atoms with Crippen LogP contribution in [0.1, 0.15) is 30.3 Å². The van der Waals surface area contributed by atoms with E-state index >= 15 is 0 Å². The lowest BCUT2D eigenvalue weighted by molar-refractivity contribution is -0.130. The van der Waals surface area contributed by atoms with Crippen molar-refractivity contribution in [3.05, 3.63) is 48.4 Å². The standard InChI is InChI=1S/C19H20N2O3S/c22-18-12-17(15-7-5-11-24-15)25-16-8-2-1-6-14(16)21(18)13-19(23)20-9-3-4-10-20/h1-2,5-8,11,17H,3-4,9-10,12-13H2. The molecule has 130 valence electrons. The van der Waals surface area contributed by atoms with E-state index in [9.17, 15) is 9.59 Å². The van der Waals surface area contributed by atoms with Crippen molar-refractivity contribution < 1.29 is 14.0 Å². The molecule has 0 aliphatic carbocycles. The van der Waals surface area contributed by atoms with Gasteiger partial charge in [0.05, 0.1) is 17.2 Å².